The molecule has 0 spiro atoms. The molecule has 0 unspecified atom stereocenters. The Bertz CT molecular complexity index is 444. The molecule has 0 N–H and O–H groups in total. The second-order valence-corrected chi connectivity index (χ2v) is 5.08. The van der Waals surface area contributed by atoms with E-state index in [-0.39, 0.29) is 5.91 Å². The van der Waals surface area contributed by atoms with Crippen molar-refractivity contribution in [3.63, 3.8) is 0 Å². The van der Waals surface area contributed by atoms with E-state index in [1.54, 1.807) is 6.20 Å². The van der Waals surface area contributed by atoms with Crippen LogP contribution in [0.25, 0.3) is 0 Å². The molecular formula is C15H23N3O2. The molecule has 1 aromatic heterocycles. The molecule has 1 aromatic rings. The van der Waals surface area contributed by atoms with Crippen molar-refractivity contribution in [3.8, 4) is 0 Å². The van der Waals surface area contributed by atoms with Gasteiger partial charge >= 0.3 is 0 Å². The fraction of sp³-hybridized carbons (Fsp3) is 0.600. The molecule has 0 radical (unpaired) electrons. The van der Waals surface area contributed by atoms with Gasteiger partial charge in [0.15, 0.2) is 0 Å². The van der Waals surface area contributed by atoms with E-state index < -0.39 is 0 Å². The number of ether oxygens (including phenoxy) is 1. The Kier molecular flexibility index (Phi) is 5.35. The molecule has 5 nitrogen and oxygen atoms in total. The number of hydrogen-bond donors (Lipinski definition) is 0. The molecule has 0 saturated carbocycles. The van der Waals surface area contributed by atoms with Gasteiger partial charge in [-0.05, 0) is 18.6 Å². The van der Waals surface area contributed by atoms with E-state index in [0.717, 1.165) is 25.1 Å². The smallest absolute Gasteiger partial charge is 0.272 e. The molecule has 5 heteroatoms. The van der Waals surface area contributed by atoms with Crippen LogP contribution in [0.5, 0.6) is 0 Å². The van der Waals surface area contributed by atoms with E-state index in [2.05, 4.69) is 16.8 Å². The monoisotopic (exact) mass is 277 g/mol. The first-order valence-corrected chi connectivity index (χ1v) is 7.26. The van der Waals surface area contributed by atoms with Gasteiger partial charge in [-0.1, -0.05) is 13.3 Å². The van der Waals surface area contributed by atoms with Crippen molar-refractivity contribution < 1.29 is 9.53 Å². The number of unbranched alkanes of at least 4 members (excludes halogenated alkanes) is 1. The van der Waals surface area contributed by atoms with Crippen molar-refractivity contribution in [3.05, 3.63) is 24.0 Å². The maximum Gasteiger partial charge on any atom is 0.272 e. The Morgan fingerprint density at radius 2 is 2.20 bits per heavy atom. The molecule has 0 aromatic carbocycles. The van der Waals surface area contributed by atoms with Crippen LogP contribution >= 0.6 is 0 Å². The highest BCUT2D eigenvalue weighted by molar-refractivity contribution is 5.93. The largest absolute Gasteiger partial charge is 0.378 e. The molecule has 1 aliphatic heterocycles. The van der Waals surface area contributed by atoms with Crippen LogP contribution in [-0.4, -0.2) is 55.7 Å². The van der Waals surface area contributed by atoms with Crippen molar-refractivity contribution >= 4 is 11.6 Å². The average molecular weight is 277 g/mol. The number of rotatable bonds is 5. The Hall–Kier alpha value is -1.62. The van der Waals surface area contributed by atoms with Gasteiger partial charge in [-0.15, -0.1) is 0 Å². The third-order valence-corrected chi connectivity index (χ3v) is 3.55. The molecule has 1 amide bonds. The van der Waals surface area contributed by atoms with Gasteiger partial charge in [-0.3, -0.25) is 9.78 Å². The fourth-order valence-electron chi connectivity index (χ4n) is 2.23. The van der Waals surface area contributed by atoms with Gasteiger partial charge < -0.3 is 14.5 Å². The molecule has 0 bridgehead atoms. The van der Waals surface area contributed by atoms with Gasteiger partial charge in [0, 0.05) is 38.6 Å². The SMILES string of the molecule is CCCCN(C)c1ccnc(C(=O)N2CCOCC2)c1. The van der Waals surface area contributed by atoms with Crippen LogP contribution < -0.4 is 4.90 Å². The summed E-state index contributed by atoms with van der Waals surface area (Å²) in [5.41, 5.74) is 1.57. The first-order chi connectivity index (χ1) is 9.72. The van der Waals surface area contributed by atoms with Gasteiger partial charge in [0.05, 0.1) is 13.2 Å². The number of aromatic nitrogens is 1. The van der Waals surface area contributed by atoms with Gasteiger partial charge in [-0.25, -0.2) is 0 Å². The summed E-state index contributed by atoms with van der Waals surface area (Å²) in [5.74, 6) is -0.000887. The van der Waals surface area contributed by atoms with Crippen molar-refractivity contribution in [2.75, 3.05) is 44.8 Å². The van der Waals surface area contributed by atoms with E-state index in [0.29, 0.717) is 32.0 Å². The predicted molar refractivity (Wildman–Crippen MR) is 79.1 cm³/mol. The normalized spacial score (nSPS) is 15.2. The zero-order chi connectivity index (χ0) is 14.4. The number of nitrogens with zero attached hydrogens (tertiary/aromatic N) is 3. The van der Waals surface area contributed by atoms with Crippen LogP contribution in [0.3, 0.4) is 0 Å². The van der Waals surface area contributed by atoms with Crippen molar-refractivity contribution in [2.24, 2.45) is 0 Å². The zero-order valence-electron chi connectivity index (χ0n) is 12.3. The minimum atomic E-state index is -0.000887. The highest BCUT2D eigenvalue weighted by atomic mass is 16.5. The van der Waals surface area contributed by atoms with E-state index >= 15 is 0 Å². The zero-order valence-corrected chi connectivity index (χ0v) is 12.3. The van der Waals surface area contributed by atoms with Crippen LogP contribution in [0.15, 0.2) is 18.3 Å². The first kappa shape index (κ1) is 14.8. The quantitative estimate of drug-likeness (QED) is 0.823. The van der Waals surface area contributed by atoms with Gasteiger partial charge in [-0.2, -0.15) is 0 Å². The lowest BCUT2D eigenvalue weighted by Crippen LogP contribution is -2.41. The third-order valence-electron chi connectivity index (χ3n) is 3.55. The topological polar surface area (TPSA) is 45.7 Å². The summed E-state index contributed by atoms with van der Waals surface area (Å²) in [6, 6.07) is 3.83. The van der Waals surface area contributed by atoms with E-state index in [9.17, 15) is 4.79 Å². The van der Waals surface area contributed by atoms with Crippen LogP contribution in [-0.2, 0) is 4.74 Å². The van der Waals surface area contributed by atoms with Crippen LogP contribution in [0.1, 0.15) is 30.3 Å². The maximum absolute atomic E-state index is 12.4. The summed E-state index contributed by atoms with van der Waals surface area (Å²) in [4.78, 5) is 20.6. The summed E-state index contributed by atoms with van der Waals surface area (Å²) in [7, 11) is 2.05. The number of hydrogen-bond acceptors (Lipinski definition) is 4. The Labute approximate surface area is 120 Å². The Balaban J connectivity index is 2.06. The molecule has 1 saturated heterocycles. The minimum absolute atomic E-state index is 0.000887. The van der Waals surface area contributed by atoms with Crippen LogP contribution in [0.2, 0.25) is 0 Å². The first-order valence-electron chi connectivity index (χ1n) is 7.26. The summed E-state index contributed by atoms with van der Waals surface area (Å²) < 4.78 is 5.27. The lowest BCUT2D eigenvalue weighted by molar-refractivity contribution is 0.0299. The lowest BCUT2D eigenvalue weighted by atomic mass is 10.2. The summed E-state index contributed by atoms with van der Waals surface area (Å²) in [6.07, 6.45) is 4.02. The molecule has 2 heterocycles. The lowest BCUT2D eigenvalue weighted by Gasteiger charge is -2.27. The summed E-state index contributed by atoms with van der Waals surface area (Å²) >= 11 is 0. The van der Waals surface area contributed by atoms with Crippen molar-refractivity contribution in [1.82, 2.24) is 9.88 Å². The third kappa shape index (κ3) is 3.70. The second kappa shape index (κ2) is 7.24. The average Bonchev–Trinajstić information content (AvgIpc) is 2.52. The number of amides is 1. The second-order valence-electron chi connectivity index (χ2n) is 5.08. The number of pyridine rings is 1. The fourth-order valence-corrected chi connectivity index (χ4v) is 2.23. The van der Waals surface area contributed by atoms with Gasteiger partial charge in [0.1, 0.15) is 5.69 Å². The van der Waals surface area contributed by atoms with Gasteiger partial charge in [0.25, 0.3) is 5.91 Å². The Morgan fingerprint density at radius 3 is 2.90 bits per heavy atom. The van der Waals surface area contributed by atoms with E-state index in [4.69, 9.17) is 4.74 Å². The molecule has 2 rings (SSSR count). The maximum atomic E-state index is 12.4. The van der Waals surface area contributed by atoms with Crippen molar-refractivity contribution in [1.29, 1.82) is 0 Å². The molecule has 20 heavy (non-hydrogen) atoms. The number of carbonyl (C=O) groups is 1. The molecular weight excluding hydrogens is 254 g/mol. The van der Waals surface area contributed by atoms with Crippen molar-refractivity contribution in [2.45, 2.75) is 19.8 Å². The van der Waals surface area contributed by atoms with Crippen LogP contribution in [0.4, 0.5) is 5.69 Å². The highest BCUT2D eigenvalue weighted by Crippen LogP contribution is 2.15. The standard InChI is InChI=1S/C15H23N3O2/c1-3-4-7-17(2)13-5-6-16-14(12-13)15(19)18-8-10-20-11-9-18/h5-6,12H,3-4,7-11H2,1-2H3. The molecule has 0 atom stereocenters. The number of anilines is 1. The molecule has 110 valence electrons. The van der Waals surface area contributed by atoms with Gasteiger partial charge in [0.2, 0.25) is 0 Å². The highest BCUT2D eigenvalue weighted by Gasteiger charge is 2.20. The van der Waals surface area contributed by atoms with Crippen LogP contribution in [0, 0.1) is 0 Å². The predicted octanol–water partition coefficient (Wildman–Crippen LogP) is 1.79. The summed E-state index contributed by atoms with van der Waals surface area (Å²) in [6.45, 7) is 5.69. The Morgan fingerprint density at radius 1 is 1.45 bits per heavy atom. The number of carbonyl (C=O) groups excluding carboxylic acids is 1. The molecule has 1 fully saturated rings. The van der Waals surface area contributed by atoms with E-state index in [1.807, 2.05) is 24.1 Å². The molecule has 1 aliphatic rings. The van der Waals surface area contributed by atoms with E-state index in [1.165, 1.54) is 0 Å². The molecule has 0 aliphatic carbocycles. The summed E-state index contributed by atoms with van der Waals surface area (Å²) in [5, 5.41) is 0. The number of morpholine rings is 1. The minimum Gasteiger partial charge on any atom is -0.378 e.